The van der Waals surface area contributed by atoms with Gasteiger partial charge in [-0.05, 0) is 42.3 Å². The topological polar surface area (TPSA) is 60.9 Å². The number of carbonyl (C=O) groups excluding carboxylic acids is 1. The molecular formula is C14H13N3OS. The van der Waals surface area contributed by atoms with Crippen LogP contribution in [0.2, 0.25) is 0 Å². The first-order valence-electron chi connectivity index (χ1n) is 5.88. The Morgan fingerprint density at radius 1 is 1.37 bits per heavy atom. The lowest BCUT2D eigenvalue weighted by molar-refractivity contribution is 0.100. The summed E-state index contributed by atoms with van der Waals surface area (Å²) in [5, 5.41) is 5.53. The van der Waals surface area contributed by atoms with Crippen molar-refractivity contribution in [3.8, 4) is 10.4 Å². The van der Waals surface area contributed by atoms with Crippen LogP contribution in [0.25, 0.3) is 21.3 Å². The van der Waals surface area contributed by atoms with Crippen LogP contribution in [0, 0.1) is 6.92 Å². The van der Waals surface area contributed by atoms with Gasteiger partial charge in [0.2, 0.25) is 0 Å². The van der Waals surface area contributed by atoms with Crippen LogP contribution in [0.3, 0.4) is 0 Å². The molecule has 2 heterocycles. The maximum atomic E-state index is 11.2. The van der Waals surface area contributed by atoms with Gasteiger partial charge in [-0.2, -0.15) is 5.10 Å². The first-order chi connectivity index (χ1) is 9.04. The third-order valence-electron chi connectivity index (χ3n) is 3.08. The largest absolute Gasteiger partial charge is 0.365 e. The molecule has 4 nitrogen and oxygen atoms in total. The molecule has 96 valence electrons. The molecule has 3 aromatic rings. The second kappa shape index (κ2) is 4.20. The first kappa shape index (κ1) is 11.9. The molecule has 0 atom stereocenters. The van der Waals surface area contributed by atoms with Crippen LogP contribution in [-0.4, -0.2) is 15.7 Å². The van der Waals surface area contributed by atoms with Gasteiger partial charge < -0.3 is 5.73 Å². The zero-order chi connectivity index (χ0) is 13.6. The molecule has 0 aliphatic carbocycles. The van der Waals surface area contributed by atoms with Gasteiger partial charge in [-0.1, -0.05) is 0 Å². The fourth-order valence-electron chi connectivity index (χ4n) is 2.19. The van der Waals surface area contributed by atoms with Crippen molar-refractivity contribution in [1.82, 2.24) is 9.78 Å². The molecular weight excluding hydrogens is 258 g/mol. The zero-order valence-electron chi connectivity index (χ0n) is 10.7. The van der Waals surface area contributed by atoms with E-state index in [4.69, 9.17) is 5.73 Å². The summed E-state index contributed by atoms with van der Waals surface area (Å²) in [7, 11) is 1.91. The van der Waals surface area contributed by atoms with E-state index in [1.807, 2.05) is 19.3 Å². The van der Waals surface area contributed by atoms with Gasteiger partial charge in [-0.25, -0.2) is 0 Å². The molecule has 1 aromatic carbocycles. The standard InChI is InChI=1S/C14H13N3OS/c1-8-5-9-7-17(2)16-11(9)6-10(8)12-3-4-13(19-12)14(15)18/h3-7H,1-2H3,(H2,15,18). The molecule has 19 heavy (non-hydrogen) atoms. The van der Waals surface area contributed by atoms with Crippen LogP contribution in [0.1, 0.15) is 15.2 Å². The highest BCUT2D eigenvalue weighted by Gasteiger charge is 2.11. The van der Waals surface area contributed by atoms with E-state index in [0.29, 0.717) is 4.88 Å². The minimum atomic E-state index is -0.382. The molecule has 0 aliphatic rings. The second-order valence-electron chi connectivity index (χ2n) is 4.56. The average Bonchev–Trinajstić information content (AvgIpc) is 2.92. The number of hydrogen-bond acceptors (Lipinski definition) is 3. The van der Waals surface area contributed by atoms with E-state index in [1.165, 1.54) is 16.9 Å². The van der Waals surface area contributed by atoms with Gasteiger partial charge in [0.05, 0.1) is 10.4 Å². The van der Waals surface area contributed by atoms with Gasteiger partial charge in [0.25, 0.3) is 5.91 Å². The maximum absolute atomic E-state index is 11.2. The molecule has 0 saturated carbocycles. The lowest BCUT2D eigenvalue weighted by Crippen LogP contribution is -2.07. The third-order valence-corrected chi connectivity index (χ3v) is 4.21. The number of nitrogens with two attached hydrogens (primary N) is 1. The van der Waals surface area contributed by atoms with Gasteiger partial charge in [0, 0.05) is 23.5 Å². The van der Waals surface area contributed by atoms with Crippen molar-refractivity contribution in [2.45, 2.75) is 6.92 Å². The Morgan fingerprint density at radius 3 is 2.84 bits per heavy atom. The Kier molecular flexibility index (Phi) is 2.64. The molecule has 0 unspecified atom stereocenters. The predicted octanol–water partition coefficient (Wildman–Crippen LogP) is 2.71. The van der Waals surface area contributed by atoms with Gasteiger partial charge >= 0.3 is 0 Å². The van der Waals surface area contributed by atoms with Crippen LogP contribution in [0.4, 0.5) is 0 Å². The number of fused-ring (bicyclic) bond motifs is 1. The number of rotatable bonds is 2. The van der Waals surface area contributed by atoms with E-state index in [0.717, 1.165) is 21.3 Å². The van der Waals surface area contributed by atoms with Crippen molar-refractivity contribution in [3.05, 3.63) is 40.9 Å². The number of primary amides is 1. The number of thiophene rings is 1. The molecule has 1 amide bonds. The summed E-state index contributed by atoms with van der Waals surface area (Å²) < 4.78 is 1.80. The first-order valence-corrected chi connectivity index (χ1v) is 6.70. The Hall–Kier alpha value is -2.14. The number of hydrogen-bond donors (Lipinski definition) is 1. The van der Waals surface area contributed by atoms with Crippen molar-refractivity contribution >= 4 is 28.1 Å². The highest BCUT2D eigenvalue weighted by molar-refractivity contribution is 7.17. The molecule has 5 heteroatoms. The lowest BCUT2D eigenvalue weighted by atomic mass is 10.1. The second-order valence-corrected chi connectivity index (χ2v) is 5.64. The predicted molar refractivity (Wildman–Crippen MR) is 77.3 cm³/mol. The lowest BCUT2D eigenvalue weighted by Gasteiger charge is -2.02. The SMILES string of the molecule is Cc1cc2cn(C)nc2cc1-c1ccc(C(N)=O)s1. The van der Waals surface area contributed by atoms with E-state index < -0.39 is 0 Å². The van der Waals surface area contributed by atoms with E-state index in [2.05, 4.69) is 24.2 Å². The molecule has 0 radical (unpaired) electrons. The fourth-order valence-corrected chi connectivity index (χ4v) is 3.13. The molecule has 0 fully saturated rings. The van der Waals surface area contributed by atoms with Crippen molar-refractivity contribution in [3.63, 3.8) is 0 Å². The number of aryl methyl sites for hydroxylation is 2. The Labute approximate surface area is 114 Å². The summed E-state index contributed by atoms with van der Waals surface area (Å²) in [6.07, 6.45) is 2.00. The number of carbonyl (C=O) groups is 1. The van der Waals surface area contributed by atoms with Crippen LogP contribution < -0.4 is 5.73 Å². The molecule has 3 rings (SSSR count). The summed E-state index contributed by atoms with van der Waals surface area (Å²) in [4.78, 5) is 12.8. The third kappa shape index (κ3) is 2.02. The summed E-state index contributed by atoms with van der Waals surface area (Å²) in [5.41, 5.74) is 8.51. The normalized spacial score (nSPS) is 11.1. The highest BCUT2D eigenvalue weighted by Crippen LogP contribution is 2.32. The molecule has 2 aromatic heterocycles. The minimum absolute atomic E-state index is 0.382. The van der Waals surface area contributed by atoms with Gasteiger partial charge in [-0.15, -0.1) is 11.3 Å². The van der Waals surface area contributed by atoms with Crippen LogP contribution in [-0.2, 0) is 7.05 Å². The highest BCUT2D eigenvalue weighted by atomic mass is 32.1. The van der Waals surface area contributed by atoms with Gasteiger partial charge in [0.15, 0.2) is 0 Å². The number of aromatic nitrogens is 2. The van der Waals surface area contributed by atoms with Crippen LogP contribution in [0.5, 0.6) is 0 Å². The van der Waals surface area contributed by atoms with Crippen molar-refractivity contribution in [1.29, 1.82) is 0 Å². The molecule has 2 N–H and O–H groups in total. The van der Waals surface area contributed by atoms with Crippen molar-refractivity contribution in [2.75, 3.05) is 0 Å². The number of benzene rings is 1. The van der Waals surface area contributed by atoms with Crippen molar-refractivity contribution in [2.24, 2.45) is 12.8 Å². The quantitative estimate of drug-likeness (QED) is 0.779. The van der Waals surface area contributed by atoms with E-state index in [1.54, 1.807) is 10.7 Å². The Balaban J connectivity index is 2.17. The Bertz CT molecular complexity index is 785. The number of amides is 1. The van der Waals surface area contributed by atoms with Gasteiger partial charge in [0.1, 0.15) is 0 Å². The molecule has 0 bridgehead atoms. The minimum Gasteiger partial charge on any atom is -0.365 e. The van der Waals surface area contributed by atoms with Crippen LogP contribution in [0.15, 0.2) is 30.5 Å². The van der Waals surface area contributed by atoms with Gasteiger partial charge in [-0.3, -0.25) is 9.48 Å². The monoisotopic (exact) mass is 271 g/mol. The summed E-state index contributed by atoms with van der Waals surface area (Å²) in [6, 6.07) is 7.87. The smallest absolute Gasteiger partial charge is 0.258 e. The summed E-state index contributed by atoms with van der Waals surface area (Å²) in [6.45, 7) is 2.06. The molecule has 0 saturated heterocycles. The zero-order valence-corrected chi connectivity index (χ0v) is 11.5. The molecule has 0 spiro atoms. The Morgan fingerprint density at radius 2 is 2.16 bits per heavy atom. The van der Waals surface area contributed by atoms with E-state index >= 15 is 0 Å². The van der Waals surface area contributed by atoms with E-state index in [-0.39, 0.29) is 5.91 Å². The average molecular weight is 271 g/mol. The molecule has 0 aliphatic heterocycles. The summed E-state index contributed by atoms with van der Waals surface area (Å²) >= 11 is 1.41. The van der Waals surface area contributed by atoms with Crippen LogP contribution >= 0.6 is 11.3 Å². The van der Waals surface area contributed by atoms with E-state index in [9.17, 15) is 4.79 Å². The number of nitrogens with zero attached hydrogens (tertiary/aromatic N) is 2. The maximum Gasteiger partial charge on any atom is 0.258 e. The van der Waals surface area contributed by atoms with Crippen molar-refractivity contribution < 1.29 is 4.79 Å². The fraction of sp³-hybridized carbons (Fsp3) is 0.143. The summed E-state index contributed by atoms with van der Waals surface area (Å²) in [5.74, 6) is -0.382.